The topological polar surface area (TPSA) is 143 Å². The largest absolute Gasteiger partial charge is 0.503 e. The number of carboxylic acid groups (broad SMARTS) is 2. The van der Waals surface area contributed by atoms with Crippen molar-refractivity contribution in [3.8, 4) is 11.5 Å². The molecule has 1 fully saturated rings. The van der Waals surface area contributed by atoms with Crippen molar-refractivity contribution in [2.75, 3.05) is 0 Å². The second-order valence-electron chi connectivity index (χ2n) is 6.46. The summed E-state index contributed by atoms with van der Waals surface area (Å²) < 4.78 is 74.5. The molecule has 0 radical (unpaired) electrons. The van der Waals surface area contributed by atoms with Gasteiger partial charge in [0.05, 0.1) is 0 Å². The Morgan fingerprint density at radius 1 is 1.13 bits per heavy atom. The molecule has 2 aromatic heterocycles. The number of carbonyl (C=O) groups is 1. The molecular weight excluding hydrogens is 445 g/mol. The number of halogens is 3. The van der Waals surface area contributed by atoms with E-state index in [0.717, 1.165) is 5.56 Å². The van der Waals surface area contributed by atoms with Crippen molar-refractivity contribution in [1.29, 1.82) is 0 Å². The molecule has 1 saturated carbocycles. The summed E-state index contributed by atoms with van der Waals surface area (Å²) in [6.07, 6.45) is -5.86. The maximum atomic E-state index is 12.6. The van der Waals surface area contributed by atoms with Gasteiger partial charge in [-0.15, -0.1) is 0 Å². The van der Waals surface area contributed by atoms with Gasteiger partial charge in [0.2, 0.25) is 10.9 Å². The van der Waals surface area contributed by atoms with Crippen LogP contribution in [0.25, 0.3) is 11.5 Å². The van der Waals surface area contributed by atoms with Gasteiger partial charge in [0.15, 0.2) is 5.76 Å². The summed E-state index contributed by atoms with van der Waals surface area (Å²) >= 11 is 0. The fraction of sp³-hybridized carbons (Fsp3) is 0.222. The molecule has 166 valence electrons. The molecule has 2 heterocycles. The molecule has 0 spiro atoms. The standard InChI is InChI=1S/C17H13F3N2O4S.CH2O3/c18-17(19,20)15-9-13(21-26-15)14-6-7-16(25-14)27(23,24)22-12-8-11(12)10-4-2-1-3-5-10;2-1(3)4/h1-7,9,11-12,22H,8H2;(H2,2,3,4)/t11-,12+;/m1./s1. The Balaban J connectivity index is 0.000000628. The monoisotopic (exact) mass is 460 g/mol. The van der Waals surface area contributed by atoms with Gasteiger partial charge in [0, 0.05) is 18.0 Å². The molecule has 1 aliphatic carbocycles. The Kier molecular flexibility index (Phi) is 6.08. The lowest BCUT2D eigenvalue weighted by atomic mass is 10.1. The van der Waals surface area contributed by atoms with Gasteiger partial charge in [-0.1, -0.05) is 35.5 Å². The lowest BCUT2D eigenvalue weighted by Crippen LogP contribution is -2.26. The third-order valence-electron chi connectivity index (χ3n) is 4.21. The summed E-state index contributed by atoms with van der Waals surface area (Å²) in [5.41, 5.74) is 0.796. The summed E-state index contributed by atoms with van der Waals surface area (Å²) in [7, 11) is -3.94. The third kappa shape index (κ3) is 5.64. The Labute approximate surface area is 173 Å². The molecule has 3 N–H and O–H groups in total. The average molecular weight is 460 g/mol. The Morgan fingerprint density at radius 3 is 2.35 bits per heavy atom. The maximum absolute atomic E-state index is 12.6. The predicted molar refractivity (Wildman–Crippen MR) is 97.8 cm³/mol. The zero-order valence-electron chi connectivity index (χ0n) is 15.4. The summed E-state index contributed by atoms with van der Waals surface area (Å²) in [6.45, 7) is 0. The van der Waals surface area contributed by atoms with Crippen LogP contribution in [-0.2, 0) is 16.2 Å². The van der Waals surface area contributed by atoms with E-state index in [-0.39, 0.29) is 23.4 Å². The van der Waals surface area contributed by atoms with Gasteiger partial charge >= 0.3 is 12.3 Å². The molecule has 4 rings (SSSR count). The fourth-order valence-corrected chi connectivity index (χ4v) is 4.00. The van der Waals surface area contributed by atoms with Crippen LogP contribution >= 0.6 is 0 Å². The van der Waals surface area contributed by atoms with Gasteiger partial charge < -0.3 is 19.2 Å². The zero-order valence-corrected chi connectivity index (χ0v) is 16.2. The van der Waals surface area contributed by atoms with Crippen molar-refractivity contribution in [2.24, 2.45) is 0 Å². The van der Waals surface area contributed by atoms with E-state index in [0.29, 0.717) is 12.5 Å². The van der Waals surface area contributed by atoms with Crippen molar-refractivity contribution in [3.05, 3.63) is 59.9 Å². The van der Waals surface area contributed by atoms with Gasteiger partial charge in [-0.05, 0) is 24.1 Å². The van der Waals surface area contributed by atoms with Gasteiger partial charge in [-0.2, -0.15) is 13.2 Å². The van der Waals surface area contributed by atoms with Crippen molar-refractivity contribution >= 4 is 16.2 Å². The highest BCUT2D eigenvalue weighted by atomic mass is 32.2. The highest BCUT2D eigenvalue weighted by molar-refractivity contribution is 7.89. The number of benzene rings is 1. The van der Waals surface area contributed by atoms with Gasteiger partial charge in [0.25, 0.3) is 10.0 Å². The maximum Gasteiger partial charge on any atom is 0.503 e. The Morgan fingerprint density at radius 2 is 1.77 bits per heavy atom. The minimum atomic E-state index is -4.69. The van der Waals surface area contributed by atoms with Crippen LogP contribution in [0.3, 0.4) is 0 Å². The molecule has 1 aliphatic rings. The molecule has 3 aromatic rings. The molecule has 0 amide bonds. The summed E-state index contributed by atoms with van der Waals surface area (Å²) in [5.74, 6) is -1.34. The quantitative estimate of drug-likeness (QED) is 0.518. The van der Waals surface area contributed by atoms with Crippen molar-refractivity contribution < 1.29 is 45.5 Å². The first-order valence-corrected chi connectivity index (χ1v) is 10.1. The first-order valence-electron chi connectivity index (χ1n) is 8.60. The van der Waals surface area contributed by atoms with E-state index >= 15 is 0 Å². The molecule has 0 unspecified atom stereocenters. The van der Waals surface area contributed by atoms with E-state index in [1.807, 2.05) is 30.3 Å². The average Bonchev–Trinajstić information content (AvgIpc) is 3.10. The fourth-order valence-electron chi connectivity index (χ4n) is 2.78. The molecule has 0 bridgehead atoms. The molecule has 13 heteroatoms. The molecule has 9 nitrogen and oxygen atoms in total. The number of hydrogen-bond donors (Lipinski definition) is 3. The Bertz CT molecular complexity index is 1150. The smallest absolute Gasteiger partial charge is 0.450 e. The van der Waals surface area contributed by atoms with E-state index in [4.69, 9.17) is 19.4 Å². The number of rotatable bonds is 5. The number of nitrogens with one attached hydrogen (secondary N) is 1. The van der Waals surface area contributed by atoms with Crippen LogP contribution in [0, 0.1) is 0 Å². The first-order chi connectivity index (χ1) is 14.5. The van der Waals surface area contributed by atoms with Crippen LogP contribution in [0.4, 0.5) is 18.0 Å². The molecule has 0 saturated heterocycles. The second kappa shape index (κ2) is 8.43. The lowest BCUT2D eigenvalue weighted by Gasteiger charge is -2.04. The van der Waals surface area contributed by atoms with Crippen LogP contribution in [0.5, 0.6) is 0 Å². The summed E-state index contributed by atoms with van der Waals surface area (Å²) in [6, 6.07) is 12.3. The second-order valence-corrected chi connectivity index (χ2v) is 8.10. The molecule has 1 aromatic carbocycles. The zero-order chi connectivity index (χ0) is 22.8. The number of sulfonamides is 1. The molecule has 2 atom stereocenters. The van der Waals surface area contributed by atoms with Crippen molar-refractivity contribution in [2.45, 2.75) is 29.6 Å². The first kappa shape index (κ1) is 22.4. The number of hydrogen-bond acceptors (Lipinski definition) is 6. The predicted octanol–water partition coefficient (Wildman–Crippen LogP) is 4.01. The summed E-state index contributed by atoms with van der Waals surface area (Å²) in [5, 5.41) is 16.8. The van der Waals surface area contributed by atoms with Crippen molar-refractivity contribution in [1.82, 2.24) is 9.88 Å². The molecule has 31 heavy (non-hydrogen) atoms. The van der Waals surface area contributed by atoms with Crippen LogP contribution in [0.15, 0.2) is 62.6 Å². The normalized spacial score (nSPS) is 18.2. The summed E-state index contributed by atoms with van der Waals surface area (Å²) in [4.78, 5) is 8.56. The van der Waals surface area contributed by atoms with Crippen LogP contribution in [0.1, 0.15) is 23.7 Å². The van der Waals surface area contributed by atoms with Crippen molar-refractivity contribution in [3.63, 3.8) is 0 Å². The Hall–Kier alpha value is -3.32. The number of furan rings is 1. The van der Waals surface area contributed by atoms with Gasteiger partial charge in [-0.3, -0.25) is 0 Å². The van der Waals surface area contributed by atoms with Crippen LogP contribution in [0.2, 0.25) is 0 Å². The minimum absolute atomic E-state index is 0.0836. The van der Waals surface area contributed by atoms with E-state index in [2.05, 4.69) is 14.4 Å². The molecular formula is C18H15F3N2O7S. The minimum Gasteiger partial charge on any atom is -0.450 e. The SMILES string of the molecule is O=C(O)O.O=S(=O)(N[C@H]1C[C@@H]1c1ccccc1)c1ccc(-c2cc(C(F)(F)F)on2)o1. The third-order valence-corrected chi connectivity index (χ3v) is 5.58. The number of nitrogens with zero attached hydrogens (tertiary/aromatic N) is 1. The number of aromatic nitrogens is 1. The highest BCUT2D eigenvalue weighted by Gasteiger charge is 2.42. The van der Waals surface area contributed by atoms with E-state index < -0.39 is 33.2 Å². The van der Waals surface area contributed by atoms with Gasteiger partial charge in [-0.25, -0.2) is 17.9 Å². The molecule has 0 aliphatic heterocycles. The van der Waals surface area contributed by atoms with E-state index in [1.165, 1.54) is 12.1 Å². The number of alkyl halides is 3. The lowest BCUT2D eigenvalue weighted by molar-refractivity contribution is -0.155. The van der Waals surface area contributed by atoms with Crippen LogP contribution < -0.4 is 4.72 Å². The highest BCUT2D eigenvalue weighted by Crippen LogP contribution is 2.41. The van der Waals surface area contributed by atoms with E-state index in [1.54, 1.807) is 0 Å². The van der Waals surface area contributed by atoms with Crippen LogP contribution in [-0.4, -0.2) is 36.0 Å². The van der Waals surface area contributed by atoms with Gasteiger partial charge in [0.1, 0.15) is 5.69 Å². The van der Waals surface area contributed by atoms with E-state index in [9.17, 15) is 21.6 Å².